The second-order valence-corrected chi connectivity index (χ2v) is 9.96. The summed E-state index contributed by atoms with van der Waals surface area (Å²) in [4.78, 5) is 10.00. The van der Waals surface area contributed by atoms with Gasteiger partial charge in [-0.15, -0.1) is 11.3 Å². The van der Waals surface area contributed by atoms with E-state index >= 15 is 0 Å². The molecule has 0 bridgehead atoms. The maximum absolute atomic E-state index is 6.79. The van der Waals surface area contributed by atoms with Crippen molar-refractivity contribution in [2.75, 3.05) is 11.5 Å². The van der Waals surface area contributed by atoms with E-state index in [1.54, 1.807) is 11.3 Å². The fraction of sp³-hybridized carbons (Fsp3) is 0.0323. The molecule has 0 amide bonds. The first-order chi connectivity index (χ1) is 18.7. The van der Waals surface area contributed by atoms with E-state index in [0.29, 0.717) is 18.1 Å². The Morgan fingerprint density at radius 2 is 1.45 bits per heavy atom. The van der Waals surface area contributed by atoms with Crippen molar-refractivity contribution in [3.63, 3.8) is 0 Å². The van der Waals surface area contributed by atoms with Gasteiger partial charge in [0.2, 0.25) is 0 Å². The van der Waals surface area contributed by atoms with Crippen LogP contribution in [0.2, 0.25) is 0 Å². The highest BCUT2D eigenvalue weighted by molar-refractivity contribution is 7.23. The number of para-hydroxylation sites is 1. The molecule has 6 nitrogen and oxygen atoms in total. The zero-order valence-corrected chi connectivity index (χ0v) is 21.4. The molecule has 6 N–H and O–H groups in total. The van der Waals surface area contributed by atoms with E-state index in [9.17, 15) is 0 Å². The molecule has 0 aliphatic heterocycles. The number of hydrogen-bond donors (Lipinski definition) is 3. The first-order valence-corrected chi connectivity index (χ1v) is 13.1. The summed E-state index contributed by atoms with van der Waals surface area (Å²) in [6.45, 7) is 0.517. The van der Waals surface area contributed by atoms with Crippen molar-refractivity contribution in [1.29, 1.82) is 0 Å². The van der Waals surface area contributed by atoms with Crippen LogP contribution in [0, 0.1) is 0 Å². The highest BCUT2D eigenvalue weighted by Gasteiger charge is 2.22. The van der Waals surface area contributed by atoms with E-state index in [2.05, 4.69) is 39.9 Å². The lowest BCUT2D eigenvalue weighted by atomic mass is 10.1. The number of amidine groups is 1. The fourth-order valence-electron chi connectivity index (χ4n) is 4.78. The quantitative estimate of drug-likeness (QED) is 0.178. The number of fused-ring (bicyclic) bond motifs is 2. The summed E-state index contributed by atoms with van der Waals surface area (Å²) < 4.78 is 3.31. The summed E-state index contributed by atoms with van der Waals surface area (Å²) in [6, 6.07) is 34.5. The summed E-state index contributed by atoms with van der Waals surface area (Å²) >= 11 is 1.66. The lowest BCUT2D eigenvalue weighted by Crippen LogP contribution is -2.04. The van der Waals surface area contributed by atoms with Crippen molar-refractivity contribution in [2.24, 2.45) is 15.7 Å². The monoisotopic (exact) mass is 514 g/mol. The number of nitrogen functional groups attached to an aromatic ring is 2. The molecule has 0 fully saturated rings. The Labute approximate surface area is 224 Å². The highest BCUT2D eigenvalue weighted by Crippen LogP contribution is 2.47. The zero-order valence-electron chi connectivity index (χ0n) is 20.6. The standard InChI is InChI=1S/C31H26N6S/c32-19-36-31(35-18-20-8-2-1-3-9-20)21-14-16-22(17-15-21)37-25-12-6-4-10-23(25)27(33)29(37)30-28(34)24-11-5-7-13-26(24)38-30/h1-17,19H,18,33-34H2,(H2,32,35,36). The third-order valence-corrected chi connectivity index (χ3v) is 7.79. The van der Waals surface area contributed by atoms with E-state index in [1.807, 2.05) is 72.8 Å². The number of thiophene rings is 1. The molecule has 0 aliphatic carbocycles. The molecule has 0 saturated carbocycles. The predicted octanol–water partition coefficient (Wildman–Crippen LogP) is 6.61. The van der Waals surface area contributed by atoms with Crippen LogP contribution in [-0.4, -0.2) is 16.7 Å². The smallest absolute Gasteiger partial charge is 0.156 e. The van der Waals surface area contributed by atoms with E-state index in [0.717, 1.165) is 54.1 Å². The summed E-state index contributed by atoms with van der Waals surface area (Å²) in [7, 11) is 0. The number of nitrogens with zero attached hydrogens (tertiary/aromatic N) is 3. The van der Waals surface area contributed by atoms with Gasteiger partial charge in [0.05, 0.1) is 40.3 Å². The van der Waals surface area contributed by atoms with Gasteiger partial charge in [0, 0.05) is 26.7 Å². The van der Waals surface area contributed by atoms with Crippen molar-refractivity contribution < 1.29 is 0 Å². The van der Waals surface area contributed by atoms with Gasteiger partial charge in [-0.3, -0.25) is 4.99 Å². The largest absolute Gasteiger partial charge is 0.397 e. The number of benzene rings is 4. The van der Waals surface area contributed by atoms with Gasteiger partial charge in [-0.05, 0) is 42.0 Å². The minimum absolute atomic E-state index is 0.517. The Morgan fingerprint density at radius 1 is 0.763 bits per heavy atom. The Bertz CT molecular complexity index is 1810. The van der Waals surface area contributed by atoms with Crippen molar-refractivity contribution in [1.82, 2.24) is 4.57 Å². The van der Waals surface area contributed by atoms with Crippen LogP contribution in [0.1, 0.15) is 11.1 Å². The van der Waals surface area contributed by atoms with Crippen LogP contribution in [0.5, 0.6) is 0 Å². The van der Waals surface area contributed by atoms with Gasteiger partial charge in [0.25, 0.3) is 0 Å². The van der Waals surface area contributed by atoms with E-state index in [-0.39, 0.29) is 0 Å². The third kappa shape index (κ3) is 4.09. The van der Waals surface area contributed by atoms with Crippen LogP contribution in [0.4, 0.5) is 11.4 Å². The maximum Gasteiger partial charge on any atom is 0.156 e. The number of aliphatic imine (C=N–C) groups is 2. The number of aromatic nitrogens is 1. The van der Waals surface area contributed by atoms with Crippen LogP contribution < -0.4 is 17.2 Å². The summed E-state index contributed by atoms with van der Waals surface area (Å²) in [5, 5.41) is 2.03. The Morgan fingerprint density at radius 3 is 2.18 bits per heavy atom. The van der Waals surface area contributed by atoms with Crippen molar-refractivity contribution in [3.8, 4) is 16.3 Å². The average molecular weight is 515 g/mol. The molecule has 7 heteroatoms. The molecule has 0 saturated heterocycles. The number of anilines is 2. The Hall–Kier alpha value is -4.88. The van der Waals surface area contributed by atoms with Gasteiger partial charge in [-0.25, -0.2) is 4.99 Å². The maximum atomic E-state index is 6.79. The Balaban J connectivity index is 1.47. The van der Waals surface area contributed by atoms with Gasteiger partial charge in [-0.2, -0.15) is 0 Å². The molecule has 0 radical (unpaired) electrons. The molecule has 186 valence electrons. The van der Waals surface area contributed by atoms with Crippen LogP contribution in [0.3, 0.4) is 0 Å². The normalized spacial score (nSPS) is 12.2. The minimum Gasteiger partial charge on any atom is -0.397 e. The molecule has 2 heterocycles. The minimum atomic E-state index is 0.517. The van der Waals surface area contributed by atoms with E-state index in [4.69, 9.17) is 22.2 Å². The van der Waals surface area contributed by atoms with E-state index in [1.165, 1.54) is 6.34 Å². The van der Waals surface area contributed by atoms with Gasteiger partial charge in [-0.1, -0.05) is 66.7 Å². The van der Waals surface area contributed by atoms with Crippen LogP contribution in [0.15, 0.2) is 113 Å². The second kappa shape index (κ2) is 9.88. The lowest BCUT2D eigenvalue weighted by molar-refractivity contribution is 1.06. The number of nitrogens with two attached hydrogens (primary N) is 3. The molecule has 38 heavy (non-hydrogen) atoms. The number of rotatable bonds is 5. The van der Waals surface area contributed by atoms with Crippen LogP contribution in [0.25, 0.3) is 37.2 Å². The topological polar surface area (TPSA) is 108 Å². The molecule has 2 aromatic heterocycles. The molecule has 6 aromatic rings. The fourth-order valence-corrected chi connectivity index (χ4v) is 5.96. The zero-order chi connectivity index (χ0) is 26.1. The SMILES string of the molecule is NC=NC(=NCc1ccccc1)c1ccc(-n2c(-c3sc4ccccc4c3N)c(N)c3ccccc32)cc1. The van der Waals surface area contributed by atoms with Gasteiger partial charge in [0.1, 0.15) is 0 Å². The van der Waals surface area contributed by atoms with Gasteiger partial charge < -0.3 is 21.8 Å². The summed E-state index contributed by atoms with van der Waals surface area (Å²) in [5.74, 6) is 0.578. The van der Waals surface area contributed by atoms with E-state index < -0.39 is 0 Å². The molecule has 0 unspecified atom stereocenters. The first-order valence-electron chi connectivity index (χ1n) is 12.3. The van der Waals surface area contributed by atoms with Crippen molar-refractivity contribution >= 4 is 55.9 Å². The summed E-state index contributed by atoms with van der Waals surface area (Å²) in [5.41, 5.74) is 25.4. The predicted molar refractivity (Wildman–Crippen MR) is 162 cm³/mol. The van der Waals surface area contributed by atoms with Gasteiger partial charge >= 0.3 is 0 Å². The van der Waals surface area contributed by atoms with Crippen molar-refractivity contribution in [2.45, 2.75) is 6.54 Å². The molecule has 0 atom stereocenters. The van der Waals surface area contributed by atoms with Crippen molar-refractivity contribution in [3.05, 3.63) is 114 Å². The number of hydrogen-bond acceptors (Lipinski definition) is 4. The molecular weight excluding hydrogens is 488 g/mol. The van der Waals surface area contributed by atoms with Crippen LogP contribution >= 0.6 is 11.3 Å². The highest BCUT2D eigenvalue weighted by atomic mass is 32.1. The second-order valence-electron chi connectivity index (χ2n) is 8.91. The lowest BCUT2D eigenvalue weighted by Gasteiger charge is -2.12. The average Bonchev–Trinajstić information content (AvgIpc) is 3.45. The first kappa shape index (κ1) is 23.5. The molecule has 4 aromatic carbocycles. The van der Waals surface area contributed by atoms with Crippen LogP contribution in [-0.2, 0) is 6.54 Å². The third-order valence-electron chi connectivity index (χ3n) is 6.60. The molecule has 6 rings (SSSR count). The van der Waals surface area contributed by atoms with Gasteiger partial charge in [0.15, 0.2) is 5.84 Å². The summed E-state index contributed by atoms with van der Waals surface area (Å²) in [6.07, 6.45) is 1.28. The molecule has 0 spiro atoms. The molecule has 0 aliphatic rings. The molecular formula is C31H26N6S. The Kier molecular flexibility index (Phi) is 6.11.